The Bertz CT molecular complexity index is 2390. The van der Waals surface area contributed by atoms with E-state index in [0.29, 0.717) is 107 Å². The van der Waals surface area contributed by atoms with E-state index in [4.69, 9.17) is 34.3 Å². The number of carboxylic acids is 1. The van der Waals surface area contributed by atoms with Crippen LogP contribution in [-0.2, 0) is 57.7 Å². The largest absolute Gasteiger partial charge is 0.478 e. The number of carboxylic acid groups (broad SMARTS) is 1. The molecule has 4 aromatic rings. The molecule has 0 saturated carbocycles. The standard InChI is InChI=1S/C24H29N3O6.C24H29N3O5/c1-2-18-20-19(14-24(15-25-21(20)28)7-11-32-12-8-24)27(26-18)9-4-10-33-23(31)17-6-3-5-16(13-17)22(29)30;1-2-19-21-20(14-24(16-25-22(21)29)7-11-31-12-8-24)27(26-19)9-4-10-32-23(30)18-6-3-5-17(13-18)15-28/h3,5-6,13H,2,4,7-12,14-15H2,1H3,(H,25,28)(H,29,30);3,5-6,13,15H,2,4,7-12,14,16H2,1H3,(H,25,29). The number of nitrogens with zero attached hydrogens (tertiary/aromatic N) is 4. The average molecular weight is 895 g/mol. The van der Waals surface area contributed by atoms with Crippen molar-refractivity contribution >= 4 is 36.0 Å². The molecular weight excluding hydrogens is 837 g/mol. The van der Waals surface area contributed by atoms with Crippen molar-refractivity contribution in [3.05, 3.63) is 105 Å². The highest BCUT2D eigenvalue weighted by Gasteiger charge is 2.41. The highest BCUT2D eigenvalue weighted by Crippen LogP contribution is 2.39. The number of carbonyl (C=O) groups excluding carboxylic acids is 5. The number of amides is 2. The minimum atomic E-state index is -1.10. The first-order chi connectivity index (χ1) is 31.5. The Labute approximate surface area is 377 Å². The molecule has 0 atom stereocenters. The van der Waals surface area contributed by atoms with Crippen LogP contribution in [0.15, 0.2) is 48.5 Å². The summed E-state index contributed by atoms with van der Waals surface area (Å²) in [7, 11) is 0. The molecule has 0 radical (unpaired) electrons. The molecule has 0 aliphatic carbocycles. The molecule has 4 aliphatic rings. The molecule has 65 heavy (non-hydrogen) atoms. The van der Waals surface area contributed by atoms with E-state index in [1.165, 1.54) is 30.3 Å². The van der Waals surface area contributed by atoms with Gasteiger partial charge in [0.1, 0.15) is 6.29 Å². The van der Waals surface area contributed by atoms with Crippen molar-refractivity contribution in [3.63, 3.8) is 0 Å². The number of carbonyl (C=O) groups is 6. The Morgan fingerprint density at radius 1 is 0.708 bits per heavy atom. The van der Waals surface area contributed by atoms with Gasteiger partial charge in [-0.15, -0.1) is 0 Å². The first kappa shape index (κ1) is 46.8. The molecule has 2 saturated heterocycles. The van der Waals surface area contributed by atoms with Gasteiger partial charge in [-0.1, -0.05) is 32.0 Å². The summed E-state index contributed by atoms with van der Waals surface area (Å²) >= 11 is 0. The predicted octanol–water partition coefficient (Wildman–Crippen LogP) is 5.06. The van der Waals surface area contributed by atoms with Gasteiger partial charge in [-0.05, 0) is 92.5 Å². The molecule has 17 nitrogen and oxygen atoms in total. The van der Waals surface area contributed by atoms with E-state index in [-0.39, 0.29) is 47.0 Å². The van der Waals surface area contributed by atoms with Gasteiger partial charge < -0.3 is 34.7 Å². The molecule has 0 unspecified atom stereocenters. The monoisotopic (exact) mass is 894 g/mol. The smallest absolute Gasteiger partial charge is 0.338 e. The predicted molar refractivity (Wildman–Crippen MR) is 235 cm³/mol. The van der Waals surface area contributed by atoms with Crippen molar-refractivity contribution in [2.75, 3.05) is 52.7 Å². The maximum atomic E-state index is 12.9. The first-order valence-corrected chi connectivity index (χ1v) is 22.6. The number of fused-ring (bicyclic) bond motifs is 2. The Balaban J connectivity index is 0.000000194. The van der Waals surface area contributed by atoms with E-state index in [1.54, 1.807) is 18.2 Å². The molecule has 8 rings (SSSR count). The summed E-state index contributed by atoms with van der Waals surface area (Å²) in [5.74, 6) is -2.23. The zero-order valence-corrected chi connectivity index (χ0v) is 37.2. The number of aromatic nitrogens is 4. The maximum Gasteiger partial charge on any atom is 0.338 e. The van der Waals surface area contributed by atoms with E-state index < -0.39 is 17.9 Å². The van der Waals surface area contributed by atoms with E-state index >= 15 is 0 Å². The molecule has 2 amide bonds. The van der Waals surface area contributed by atoms with Crippen molar-refractivity contribution in [2.45, 2.75) is 91.1 Å². The second kappa shape index (κ2) is 21.2. The lowest BCUT2D eigenvalue weighted by atomic mass is 9.76. The fraction of sp³-hybridized carbons (Fsp3) is 0.500. The Hall–Kier alpha value is -6.20. The Morgan fingerprint density at radius 2 is 1.15 bits per heavy atom. The van der Waals surface area contributed by atoms with Gasteiger partial charge in [0.05, 0.1) is 63.8 Å². The van der Waals surface area contributed by atoms with Gasteiger partial charge in [0.25, 0.3) is 11.8 Å². The lowest BCUT2D eigenvalue weighted by Crippen LogP contribution is -2.40. The number of hydrogen-bond donors (Lipinski definition) is 3. The van der Waals surface area contributed by atoms with Crippen molar-refractivity contribution in [2.24, 2.45) is 10.8 Å². The van der Waals surface area contributed by atoms with Gasteiger partial charge >= 0.3 is 17.9 Å². The quantitative estimate of drug-likeness (QED) is 0.0858. The zero-order chi connectivity index (χ0) is 46.0. The van der Waals surface area contributed by atoms with Crippen LogP contribution in [0.3, 0.4) is 0 Å². The fourth-order valence-corrected chi connectivity index (χ4v) is 9.16. The number of aryl methyl sites for hydroxylation is 4. The molecule has 2 spiro atoms. The van der Waals surface area contributed by atoms with Crippen molar-refractivity contribution in [3.8, 4) is 0 Å². The second-order valence-electron chi connectivity index (χ2n) is 17.2. The van der Waals surface area contributed by atoms with Gasteiger partial charge in [0.2, 0.25) is 0 Å². The highest BCUT2D eigenvalue weighted by molar-refractivity contribution is 5.98. The average Bonchev–Trinajstić information content (AvgIpc) is 3.77. The van der Waals surface area contributed by atoms with Crippen molar-refractivity contribution in [1.29, 1.82) is 0 Å². The molecule has 0 bridgehead atoms. The first-order valence-electron chi connectivity index (χ1n) is 22.6. The number of esters is 2. The van der Waals surface area contributed by atoms with Gasteiger partial charge in [-0.3, -0.25) is 23.7 Å². The van der Waals surface area contributed by atoms with Crippen LogP contribution < -0.4 is 10.6 Å². The van der Waals surface area contributed by atoms with Crippen LogP contribution in [0.1, 0.15) is 137 Å². The molecule has 6 heterocycles. The minimum Gasteiger partial charge on any atom is -0.478 e. The van der Waals surface area contributed by atoms with Gasteiger partial charge in [0, 0.05) is 71.0 Å². The summed E-state index contributed by atoms with van der Waals surface area (Å²) in [5.41, 5.74) is 5.92. The van der Waals surface area contributed by atoms with Crippen LogP contribution in [0.2, 0.25) is 0 Å². The molecule has 4 aliphatic heterocycles. The summed E-state index contributed by atoms with van der Waals surface area (Å²) < 4.78 is 25.7. The lowest BCUT2D eigenvalue weighted by Gasteiger charge is -2.36. The molecule has 2 aromatic carbocycles. The number of aldehydes is 1. The molecule has 2 fully saturated rings. The van der Waals surface area contributed by atoms with E-state index in [0.717, 1.165) is 61.3 Å². The molecule has 17 heteroatoms. The third-order valence-corrected chi connectivity index (χ3v) is 12.9. The molecule has 2 aromatic heterocycles. The number of ether oxygens (including phenoxy) is 4. The van der Waals surface area contributed by atoms with E-state index in [2.05, 4.69) is 10.6 Å². The van der Waals surface area contributed by atoms with E-state index in [9.17, 15) is 28.8 Å². The van der Waals surface area contributed by atoms with Crippen LogP contribution in [-0.4, -0.2) is 113 Å². The topological polar surface area (TPSA) is 219 Å². The number of rotatable bonds is 14. The molecular formula is C48H58N6O11. The SMILES string of the molecule is CCc1nn(CCCOC(=O)c2cccc(C(=O)O)c2)c2c1C(=O)NCC1(CCOCC1)C2.CCc1nn(CCCOC(=O)c2cccc(C=O)c2)c2c1C(=O)NCC1(CCOCC1)C2. The number of aromatic carboxylic acids is 1. The summed E-state index contributed by atoms with van der Waals surface area (Å²) in [6.07, 6.45) is 8.32. The maximum absolute atomic E-state index is 12.9. The van der Waals surface area contributed by atoms with Crippen molar-refractivity contribution < 1.29 is 52.8 Å². The minimum absolute atomic E-state index is 0.00197. The zero-order valence-electron chi connectivity index (χ0n) is 37.2. The number of nitrogens with one attached hydrogen (secondary N) is 2. The molecule has 3 N–H and O–H groups in total. The van der Waals surface area contributed by atoms with Gasteiger partial charge in [-0.25, -0.2) is 14.4 Å². The van der Waals surface area contributed by atoms with Crippen molar-refractivity contribution in [1.82, 2.24) is 30.2 Å². The van der Waals surface area contributed by atoms with Gasteiger partial charge in [-0.2, -0.15) is 10.2 Å². The number of benzene rings is 2. The van der Waals surface area contributed by atoms with Crippen LogP contribution in [0.4, 0.5) is 0 Å². The van der Waals surface area contributed by atoms with Crippen LogP contribution in [0.25, 0.3) is 0 Å². The fourth-order valence-electron chi connectivity index (χ4n) is 9.16. The summed E-state index contributed by atoms with van der Waals surface area (Å²) in [6, 6.07) is 12.2. The normalized spacial score (nSPS) is 17.3. The summed E-state index contributed by atoms with van der Waals surface area (Å²) in [5, 5.41) is 24.7. The molecule has 346 valence electrons. The second-order valence-corrected chi connectivity index (χ2v) is 17.2. The van der Waals surface area contributed by atoms with Crippen LogP contribution in [0.5, 0.6) is 0 Å². The summed E-state index contributed by atoms with van der Waals surface area (Å²) in [6.45, 7) is 9.56. The summed E-state index contributed by atoms with van der Waals surface area (Å²) in [4.78, 5) is 72.3. The highest BCUT2D eigenvalue weighted by atomic mass is 16.5. The Kier molecular flexibility index (Phi) is 15.3. The van der Waals surface area contributed by atoms with Crippen LogP contribution >= 0.6 is 0 Å². The van der Waals surface area contributed by atoms with Gasteiger partial charge in [0.15, 0.2) is 0 Å². The number of hydrogen-bond acceptors (Lipinski definition) is 12. The lowest BCUT2D eigenvalue weighted by molar-refractivity contribution is 0.0151. The van der Waals surface area contributed by atoms with E-state index in [1.807, 2.05) is 23.2 Å². The third-order valence-electron chi connectivity index (χ3n) is 12.9. The van der Waals surface area contributed by atoms with Crippen LogP contribution in [0, 0.1) is 10.8 Å². The Morgan fingerprint density at radius 3 is 1.60 bits per heavy atom. The third kappa shape index (κ3) is 11.0.